The second-order valence-corrected chi connectivity index (χ2v) is 5.48. The number of piperidine rings is 1. The van der Waals surface area contributed by atoms with E-state index >= 15 is 0 Å². The van der Waals surface area contributed by atoms with Crippen molar-refractivity contribution < 1.29 is 13.9 Å². The first-order valence-corrected chi connectivity index (χ1v) is 7.14. The molecule has 1 aliphatic rings. The summed E-state index contributed by atoms with van der Waals surface area (Å²) in [6.45, 7) is 3.06. The van der Waals surface area contributed by atoms with Crippen LogP contribution in [-0.2, 0) is 11.3 Å². The van der Waals surface area contributed by atoms with Gasteiger partial charge in [-0.15, -0.1) is 0 Å². The minimum absolute atomic E-state index is 0.294. The van der Waals surface area contributed by atoms with E-state index in [1.54, 1.807) is 13.2 Å². The second kappa shape index (κ2) is 7.49. The molecule has 0 radical (unpaired) electrons. The molecule has 1 saturated heterocycles. The molecule has 5 nitrogen and oxygen atoms in total. The van der Waals surface area contributed by atoms with Crippen LogP contribution >= 0.6 is 0 Å². The fourth-order valence-electron chi connectivity index (χ4n) is 2.83. The summed E-state index contributed by atoms with van der Waals surface area (Å²) < 4.78 is 19.1. The summed E-state index contributed by atoms with van der Waals surface area (Å²) in [5, 5.41) is 0. The lowest BCUT2D eigenvalue weighted by Gasteiger charge is -2.32. The highest BCUT2D eigenvalue weighted by molar-refractivity contribution is 5.93. The average molecular weight is 295 g/mol. The molecule has 0 bridgehead atoms. The molecule has 1 aromatic carbocycles. The van der Waals surface area contributed by atoms with Crippen molar-refractivity contribution in [3.8, 4) is 0 Å². The van der Waals surface area contributed by atoms with Crippen LogP contribution in [0.2, 0.25) is 0 Å². The molecule has 3 N–H and O–H groups in total. The number of likely N-dealkylation sites (tertiary alicyclic amines) is 1. The zero-order valence-electron chi connectivity index (χ0n) is 12.3. The molecule has 1 amide bonds. The number of methoxy groups -OCH3 is 1. The molecule has 1 heterocycles. The first kappa shape index (κ1) is 15.9. The van der Waals surface area contributed by atoms with Crippen molar-refractivity contribution in [1.29, 1.82) is 0 Å². The lowest BCUT2D eigenvalue weighted by molar-refractivity contribution is 0.0868. The maximum Gasteiger partial charge on any atom is 0.265 e. The molecule has 1 unspecified atom stereocenters. The Balaban J connectivity index is 2.06. The van der Waals surface area contributed by atoms with Crippen LogP contribution in [0.25, 0.3) is 0 Å². The maximum absolute atomic E-state index is 13.9. The highest BCUT2D eigenvalue weighted by Gasteiger charge is 2.21. The number of rotatable bonds is 5. The molecule has 1 atom stereocenters. The van der Waals surface area contributed by atoms with Gasteiger partial charge in [0.2, 0.25) is 0 Å². The third kappa shape index (κ3) is 4.23. The van der Waals surface area contributed by atoms with Crippen LogP contribution in [0.5, 0.6) is 0 Å². The van der Waals surface area contributed by atoms with Crippen molar-refractivity contribution in [2.75, 3.05) is 26.8 Å². The predicted molar refractivity (Wildman–Crippen MR) is 77.9 cm³/mol. The van der Waals surface area contributed by atoms with Crippen LogP contribution in [0.3, 0.4) is 0 Å². The van der Waals surface area contributed by atoms with E-state index in [-0.39, 0.29) is 5.82 Å². The molecule has 116 valence electrons. The van der Waals surface area contributed by atoms with E-state index in [1.807, 2.05) is 0 Å². The van der Waals surface area contributed by atoms with Crippen LogP contribution < -0.4 is 11.3 Å². The van der Waals surface area contributed by atoms with E-state index < -0.39 is 5.91 Å². The van der Waals surface area contributed by atoms with Gasteiger partial charge in [-0.05, 0) is 43.5 Å². The molecule has 0 spiro atoms. The Labute approximate surface area is 124 Å². The van der Waals surface area contributed by atoms with Crippen LogP contribution in [-0.4, -0.2) is 37.6 Å². The Morgan fingerprint density at radius 2 is 2.38 bits per heavy atom. The number of nitrogens with one attached hydrogen (secondary N) is 1. The van der Waals surface area contributed by atoms with E-state index in [0.717, 1.165) is 32.5 Å². The minimum Gasteiger partial charge on any atom is -0.384 e. The number of nitrogens with zero attached hydrogens (tertiary/aromatic N) is 1. The summed E-state index contributed by atoms with van der Waals surface area (Å²) in [7, 11) is 1.70. The molecule has 0 saturated carbocycles. The molecule has 1 aliphatic heterocycles. The summed E-state index contributed by atoms with van der Waals surface area (Å²) in [5.74, 6) is 4.89. The Morgan fingerprint density at radius 3 is 3.10 bits per heavy atom. The molecular weight excluding hydrogens is 273 g/mol. The van der Waals surface area contributed by atoms with Gasteiger partial charge < -0.3 is 4.74 Å². The van der Waals surface area contributed by atoms with E-state index in [0.29, 0.717) is 23.6 Å². The summed E-state index contributed by atoms with van der Waals surface area (Å²) in [6, 6.07) is 4.32. The fourth-order valence-corrected chi connectivity index (χ4v) is 2.83. The topological polar surface area (TPSA) is 67.6 Å². The summed E-state index contributed by atoms with van der Waals surface area (Å²) in [5.41, 5.74) is 2.96. The van der Waals surface area contributed by atoms with Crippen molar-refractivity contribution in [1.82, 2.24) is 10.3 Å². The van der Waals surface area contributed by atoms with Crippen molar-refractivity contribution in [2.24, 2.45) is 11.8 Å². The number of halogens is 1. The third-order valence-electron chi connectivity index (χ3n) is 3.84. The molecule has 0 aliphatic carbocycles. The van der Waals surface area contributed by atoms with E-state index in [4.69, 9.17) is 10.6 Å². The molecule has 6 heteroatoms. The van der Waals surface area contributed by atoms with Gasteiger partial charge in [-0.3, -0.25) is 15.1 Å². The van der Waals surface area contributed by atoms with Gasteiger partial charge in [-0.2, -0.15) is 0 Å². The molecule has 0 aromatic heterocycles. The number of ether oxygens (including phenoxy) is 1. The largest absolute Gasteiger partial charge is 0.384 e. The van der Waals surface area contributed by atoms with E-state index in [9.17, 15) is 9.18 Å². The predicted octanol–water partition coefficient (Wildman–Crippen LogP) is 1.29. The van der Waals surface area contributed by atoms with Crippen molar-refractivity contribution in [3.05, 3.63) is 35.1 Å². The van der Waals surface area contributed by atoms with Gasteiger partial charge in [-0.1, -0.05) is 0 Å². The number of hydrogen-bond acceptors (Lipinski definition) is 4. The Morgan fingerprint density at radius 1 is 1.57 bits per heavy atom. The van der Waals surface area contributed by atoms with Gasteiger partial charge in [0.1, 0.15) is 5.82 Å². The monoisotopic (exact) mass is 295 g/mol. The molecular formula is C15H22FN3O2. The summed E-state index contributed by atoms with van der Waals surface area (Å²) >= 11 is 0. The number of hydrogen-bond donors (Lipinski definition) is 2. The van der Waals surface area contributed by atoms with Crippen LogP contribution in [0.1, 0.15) is 28.8 Å². The van der Waals surface area contributed by atoms with Gasteiger partial charge in [-0.25, -0.2) is 10.2 Å². The first-order valence-electron chi connectivity index (χ1n) is 7.14. The fraction of sp³-hybridized carbons (Fsp3) is 0.533. The first-order chi connectivity index (χ1) is 10.1. The Kier molecular flexibility index (Phi) is 5.67. The van der Waals surface area contributed by atoms with Crippen molar-refractivity contribution >= 4 is 5.91 Å². The summed E-state index contributed by atoms with van der Waals surface area (Å²) in [6.07, 6.45) is 2.22. The van der Waals surface area contributed by atoms with Gasteiger partial charge >= 0.3 is 0 Å². The van der Waals surface area contributed by atoms with E-state index in [1.165, 1.54) is 12.1 Å². The van der Waals surface area contributed by atoms with Gasteiger partial charge in [0.05, 0.1) is 6.61 Å². The lowest BCUT2D eigenvalue weighted by Crippen LogP contribution is -2.37. The number of nitrogens with two attached hydrogens (primary N) is 1. The lowest BCUT2D eigenvalue weighted by atomic mass is 9.98. The summed E-state index contributed by atoms with van der Waals surface area (Å²) in [4.78, 5) is 13.7. The van der Waals surface area contributed by atoms with Gasteiger partial charge in [0.25, 0.3) is 5.91 Å². The molecule has 21 heavy (non-hydrogen) atoms. The van der Waals surface area contributed by atoms with Crippen LogP contribution in [0.4, 0.5) is 4.39 Å². The Hall–Kier alpha value is -1.50. The van der Waals surface area contributed by atoms with Crippen LogP contribution in [0, 0.1) is 11.7 Å². The molecule has 1 fully saturated rings. The SMILES string of the molecule is COCC1CCCN(Cc2cc(C(=O)NN)ccc2F)C1. The number of carbonyl (C=O) groups excluding carboxylic acids is 1. The third-order valence-corrected chi connectivity index (χ3v) is 3.84. The highest BCUT2D eigenvalue weighted by atomic mass is 19.1. The number of benzene rings is 1. The zero-order valence-corrected chi connectivity index (χ0v) is 12.3. The average Bonchev–Trinajstić information content (AvgIpc) is 2.49. The van der Waals surface area contributed by atoms with Gasteiger partial charge in [0, 0.05) is 31.3 Å². The van der Waals surface area contributed by atoms with Crippen molar-refractivity contribution in [2.45, 2.75) is 19.4 Å². The van der Waals surface area contributed by atoms with Crippen LogP contribution in [0.15, 0.2) is 18.2 Å². The Bertz CT molecular complexity index is 494. The zero-order chi connectivity index (χ0) is 15.2. The smallest absolute Gasteiger partial charge is 0.265 e. The molecule has 1 aromatic rings. The minimum atomic E-state index is -0.410. The highest BCUT2D eigenvalue weighted by Crippen LogP contribution is 2.20. The van der Waals surface area contributed by atoms with E-state index in [2.05, 4.69) is 10.3 Å². The van der Waals surface area contributed by atoms with Crippen molar-refractivity contribution in [3.63, 3.8) is 0 Å². The second-order valence-electron chi connectivity index (χ2n) is 5.48. The number of amides is 1. The van der Waals surface area contributed by atoms with Gasteiger partial charge in [0.15, 0.2) is 0 Å². The molecule has 2 rings (SSSR count). The number of hydrazine groups is 1. The number of nitrogen functional groups attached to an aromatic ring is 1. The normalized spacial score (nSPS) is 19.5. The number of carbonyl (C=O) groups is 1. The quantitative estimate of drug-likeness (QED) is 0.488. The standard InChI is InChI=1S/C15H22FN3O2/c1-21-10-11-3-2-6-19(8-11)9-13-7-12(15(20)18-17)4-5-14(13)16/h4-5,7,11H,2-3,6,8-10,17H2,1H3,(H,18,20). The maximum atomic E-state index is 13.9.